The Morgan fingerprint density at radius 3 is 2.52 bits per heavy atom. The van der Waals surface area contributed by atoms with E-state index in [-0.39, 0.29) is 17.8 Å². The van der Waals surface area contributed by atoms with Gasteiger partial charge >= 0.3 is 5.97 Å². The van der Waals surface area contributed by atoms with Crippen LogP contribution in [0.4, 0.5) is 0 Å². The fourth-order valence-corrected chi connectivity index (χ4v) is 3.84. The van der Waals surface area contributed by atoms with Crippen molar-refractivity contribution in [1.82, 2.24) is 14.9 Å². The van der Waals surface area contributed by atoms with Crippen molar-refractivity contribution in [2.24, 2.45) is 11.8 Å². The van der Waals surface area contributed by atoms with Crippen LogP contribution < -0.4 is 5.32 Å². The van der Waals surface area contributed by atoms with Crippen LogP contribution in [0.25, 0.3) is 0 Å². The number of imidazole rings is 1. The molecule has 0 saturated heterocycles. The van der Waals surface area contributed by atoms with Gasteiger partial charge in [-0.05, 0) is 36.5 Å². The predicted octanol–water partition coefficient (Wildman–Crippen LogP) is 4.27. The second-order valence-electron chi connectivity index (χ2n) is 8.27. The van der Waals surface area contributed by atoms with E-state index in [0.29, 0.717) is 30.3 Å². The molecule has 0 spiro atoms. The van der Waals surface area contributed by atoms with Gasteiger partial charge < -0.3 is 14.6 Å². The maximum atomic E-state index is 12.6. The van der Waals surface area contributed by atoms with Crippen molar-refractivity contribution < 1.29 is 14.3 Å². The number of methoxy groups -OCH3 is 1. The third kappa shape index (κ3) is 7.42. The minimum atomic E-state index is -0.346. The summed E-state index contributed by atoms with van der Waals surface area (Å²) in [5, 5.41) is 3.07. The molecule has 0 aliphatic rings. The van der Waals surface area contributed by atoms with E-state index < -0.39 is 0 Å². The zero-order valence-corrected chi connectivity index (χ0v) is 20.0. The van der Waals surface area contributed by atoms with Gasteiger partial charge in [-0.25, -0.2) is 9.78 Å². The number of amides is 1. The normalized spacial score (nSPS) is 12.1. The van der Waals surface area contributed by atoms with Gasteiger partial charge in [0.1, 0.15) is 5.82 Å². The number of carbonyl (C=O) groups excluding carboxylic acids is 2. The van der Waals surface area contributed by atoms with E-state index in [1.54, 1.807) is 12.1 Å². The summed E-state index contributed by atoms with van der Waals surface area (Å²) in [4.78, 5) is 28.9. The average Bonchev–Trinajstić information content (AvgIpc) is 3.15. The molecule has 0 saturated carbocycles. The van der Waals surface area contributed by atoms with E-state index in [1.165, 1.54) is 7.11 Å². The van der Waals surface area contributed by atoms with Gasteiger partial charge in [0.05, 0.1) is 31.1 Å². The standard InChI is InChI=1S/C24H35N3O3S/c1-5-6-7-22-25-13-21(14-26-23(28)20(16-31)12-17(2)3)27(22)15-18-8-10-19(11-9-18)24(29)30-4/h8-11,13,17,20,31H,5-7,12,14-16H2,1-4H3,(H,26,28). The summed E-state index contributed by atoms with van der Waals surface area (Å²) in [7, 11) is 1.38. The van der Waals surface area contributed by atoms with Crippen LogP contribution in [0.15, 0.2) is 30.5 Å². The van der Waals surface area contributed by atoms with E-state index >= 15 is 0 Å². The van der Waals surface area contributed by atoms with Crippen LogP contribution in [0.3, 0.4) is 0 Å². The van der Waals surface area contributed by atoms with Gasteiger partial charge in [0.25, 0.3) is 0 Å². The number of esters is 1. The molecule has 6 nitrogen and oxygen atoms in total. The quantitative estimate of drug-likeness (QED) is 0.378. The molecule has 170 valence electrons. The summed E-state index contributed by atoms with van der Waals surface area (Å²) in [5.41, 5.74) is 2.56. The topological polar surface area (TPSA) is 73.2 Å². The van der Waals surface area contributed by atoms with E-state index in [9.17, 15) is 9.59 Å². The summed E-state index contributed by atoms with van der Waals surface area (Å²) in [6, 6.07) is 7.40. The predicted molar refractivity (Wildman–Crippen MR) is 126 cm³/mol. The number of rotatable bonds is 12. The van der Waals surface area contributed by atoms with Crippen LogP contribution in [-0.2, 0) is 29.0 Å². The van der Waals surface area contributed by atoms with Crippen molar-refractivity contribution >= 4 is 24.5 Å². The smallest absolute Gasteiger partial charge is 0.337 e. The van der Waals surface area contributed by atoms with Crippen LogP contribution in [0.2, 0.25) is 0 Å². The largest absolute Gasteiger partial charge is 0.465 e. The highest BCUT2D eigenvalue weighted by Gasteiger charge is 2.19. The van der Waals surface area contributed by atoms with E-state index in [1.807, 2.05) is 18.3 Å². The van der Waals surface area contributed by atoms with Crippen molar-refractivity contribution in [2.75, 3.05) is 12.9 Å². The number of benzene rings is 1. The molecule has 0 bridgehead atoms. The van der Waals surface area contributed by atoms with E-state index in [4.69, 9.17) is 4.74 Å². The Labute approximate surface area is 191 Å². The molecule has 2 aromatic rings. The molecule has 2 rings (SSSR count). The number of ether oxygens (including phenoxy) is 1. The number of aromatic nitrogens is 2. The number of nitrogens with one attached hydrogen (secondary N) is 1. The number of carbonyl (C=O) groups is 2. The first-order valence-electron chi connectivity index (χ1n) is 11.0. The molecule has 0 aliphatic heterocycles. The van der Waals surface area contributed by atoms with Gasteiger partial charge in [-0.15, -0.1) is 0 Å². The lowest BCUT2D eigenvalue weighted by atomic mass is 9.98. The lowest BCUT2D eigenvalue weighted by Gasteiger charge is -2.17. The lowest BCUT2D eigenvalue weighted by Crippen LogP contribution is -2.32. The molecule has 1 unspecified atom stereocenters. The van der Waals surface area contributed by atoms with Crippen LogP contribution >= 0.6 is 12.6 Å². The minimum absolute atomic E-state index is 0.0361. The Bertz CT molecular complexity index is 846. The number of hydrogen-bond donors (Lipinski definition) is 2. The number of nitrogens with zero attached hydrogens (tertiary/aromatic N) is 2. The summed E-state index contributed by atoms with van der Waals surface area (Å²) in [6.07, 6.45) is 5.71. The molecule has 1 heterocycles. The third-order valence-electron chi connectivity index (χ3n) is 5.28. The van der Waals surface area contributed by atoms with Crippen molar-refractivity contribution in [3.8, 4) is 0 Å². The highest BCUT2D eigenvalue weighted by atomic mass is 32.1. The summed E-state index contributed by atoms with van der Waals surface area (Å²) < 4.78 is 6.94. The average molecular weight is 446 g/mol. The fraction of sp³-hybridized carbons (Fsp3) is 0.542. The fourth-order valence-electron chi connectivity index (χ4n) is 3.52. The van der Waals surface area contributed by atoms with Gasteiger partial charge in [0, 0.05) is 24.6 Å². The second kappa shape index (κ2) is 12.5. The molecular weight excluding hydrogens is 410 g/mol. The number of thiol groups is 1. The van der Waals surface area contributed by atoms with Crippen LogP contribution in [-0.4, -0.2) is 34.3 Å². The van der Waals surface area contributed by atoms with Crippen molar-refractivity contribution in [3.05, 3.63) is 53.1 Å². The lowest BCUT2D eigenvalue weighted by molar-refractivity contribution is -0.124. The number of unbranched alkanes of at least 4 members (excludes halogenated alkanes) is 1. The zero-order valence-electron chi connectivity index (χ0n) is 19.1. The van der Waals surface area contributed by atoms with Crippen LogP contribution in [0, 0.1) is 11.8 Å². The summed E-state index contributed by atoms with van der Waals surface area (Å²) >= 11 is 4.36. The van der Waals surface area contributed by atoms with Crippen molar-refractivity contribution in [3.63, 3.8) is 0 Å². The Morgan fingerprint density at radius 2 is 1.94 bits per heavy atom. The summed E-state index contributed by atoms with van der Waals surface area (Å²) in [5.74, 6) is 1.59. The molecule has 0 aliphatic carbocycles. The zero-order chi connectivity index (χ0) is 22.8. The molecule has 0 radical (unpaired) electrons. The SMILES string of the molecule is CCCCc1ncc(CNC(=O)C(CS)CC(C)C)n1Cc1ccc(C(=O)OC)cc1. The summed E-state index contributed by atoms with van der Waals surface area (Å²) in [6.45, 7) is 7.45. The third-order valence-corrected chi connectivity index (χ3v) is 5.72. The van der Waals surface area contributed by atoms with Gasteiger partial charge in [-0.1, -0.05) is 39.3 Å². The molecule has 1 atom stereocenters. The highest BCUT2D eigenvalue weighted by molar-refractivity contribution is 7.80. The number of hydrogen-bond acceptors (Lipinski definition) is 5. The second-order valence-corrected chi connectivity index (χ2v) is 8.64. The first-order chi connectivity index (χ1) is 14.9. The molecule has 1 N–H and O–H groups in total. The van der Waals surface area contributed by atoms with Gasteiger partial charge in [-0.3, -0.25) is 4.79 Å². The maximum absolute atomic E-state index is 12.6. The molecule has 0 fully saturated rings. The first-order valence-corrected chi connectivity index (χ1v) is 11.6. The molecule has 31 heavy (non-hydrogen) atoms. The molecule has 1 amide bonds. The Hall–Kier alpha value is -2.28. The van der Waals surface area contributed by atoms with Gasteiger partial charge in [-0.2, -0.15) is 12.6 Å². The first kappa shape index (κ1) is 25.0. The Balaban J connectivity index is 2.16. The minimum Gasteiger partial charge on any atom is -0.465 e. The van der Waals surface area contributed by atoms with Gasteiger partial charge in [0.15, 0.2) is 0 Å². The molecule has 1 aromatic heterocycles. The van der Waals surface area contributed by atoms with Crippen molar-refractivity contribution in [2.45, 2.75) is 59.5 Å². The molecular formula is C24H35N3O3S. The Morgan fingerprint density at radius 1 is 1.23 bits per heavy atom. The Kier molecular flexibility index (Phi) is 10.1. The van der Waals surface area contributed by atoms with E-state index in [0.717, 1.165) is 42.8 Å². The van der Waals surface area contributed by atoms with Crippen LogP contribution in [0.1, 0.15) is 67.5 Å². The monoisotopic (exact) mass is 445 g/mol. The van der Waals surface area contributed by atoms with Crippen LogP contribution in [0.5, 0.6) is 0 Å². The van der Waals surface area contributed by atoms with Gasteiger partial charge in [0.2, 0.25) is 5.91 Å². The molecule has 7 heteroatoms. The maximum Gasteiger partial charge on any atom is 0.337 e. The number of aryl methyl sites for hydroxylation is 1. The highest BCUT2D eigenvalue weighted by Crippen LogP contribution is 2.16. The van der Waals surface area contributed by atoms with E-state index in [2.05, 4.69) is 48.3 Å². The molecule has 1 aromatic carbocycles. The van der Waals surface area contributed by atoms with Crippen molar-refractivity contribution in [1.29, 1.82) is 0 Å².